The fourth-order valence-corrected chi connectivity index (χ4v) is 3.27. The molecule has 2 fully saturated rings. The smallest absolute Gasteiger partial charge is 0.407 e. The first-order valence-corrected chi connectivity index (χ1v) is 8.07. The van der Waals surface area contributed by atoms with Gasteiger partial charge in [-0.3, -0.25) is 0 Å². The first-order chi connectivity index (χ1) is 11.2. The van der Waals surface area contributed by atoms with E-state index in [1.54, 1.807) is 0 Å². The summed E-state index contributed by atoms with van der Waals surface area (Å²) in [7, 11) is 0. The predicted molar refractivity (Wildman–Crippen MR) is 82.6 cm³/mol. The quantitative estimate of drug-likeness (QED) is 0.884. The minimum atomic E-state index is -0.608. The molecule has 6 nitrogen and oxygen atoms in total. The molecule has 0 aromatic heterocycles. The molecule has 3 rings (SSSR count). The molecule has 1 aromatic carbocycles. The van der Waals surface area contributed by atoms with Crippen LogP contribution in [0, 0.1) is 5.92 Å². The highest BCUT2D eigenvalue weighted by molar-refractivity contribution is 5.67. The molecule has 126 valence electrons. The molecule has 6 heteroatoms. The molecule has 1 saturated carbocycles. The van der Waals surface area contributed by atoms with Crippen LogP contribution in [0.4, 0.5) is 4.79 Å². The lowest BCUT2D eigenvalue weighted by Crippen LogP contribution is -2.51. The first-order valence-electron chi connectivity index (χ1n) is 8.07. The molecule has 1 spiro atoms. The summed E-state index contributed by atoms with van der Waals surface area (Å²) < 4.78 is 16.7. The maximum Gasteiger partial charge on any atom is 0.407 e. The maximum absolute atomic E-state index is 12.1. The van der Waals surface area contributed by atoms with E-state index in [4.69, 9.17) is 14.2 Å². The van der Waals surface area contributed by atoms with Crippen molar-refractivity contribution >= 4 is 6.09 Å². The number of carbonyl (C=O) groups is 1. The zero-order chi connectivity index (χ0) is 16.1. The number of benzene rings is 1. The van der Waals surface area contributed by atoms with Crippen LogP contribution in [0.5, 0.6) is 0 Å². The average Bonchev–Trinajstić information content (AvgIpc) is 3.02. The lowest BCUT2D eigenvalue weighted by molar-refractivity contribution is -0.189. The Labute approximate surface area is 135 Å². The fraction of sp³-hybridized carbons (Fsp3) is 0.588. The van der Waals surface area contributed by atoms with Gasteiger partial charge in [-0.05, 0) is 12.0 Å². The molecule has 2 aliphatic rings. The average molecular weight is 321 g/mol. The lowest BCUT2D eigenvalue weighted by atomic mass is 9.81. The molecule has 1 amide bonds. The standard InChI is InChI=1S/C17H23NO5/c19-11-14-6-7-17(22-8-9-23-17)10-15(14)18-16(20)21-12-13-4-2-1-3-5-13/h1-5,14-15,19H,6-12H2,(H,18,20)/t14-,15+/m0/s1. The summed E-state index contributed by atoms with van der Waals surface area (Å²) in [4.78, 5) is 12.1. The fourth-order valence-electron chi connectivity index (χ4n) is 3.27. The molecule has 0 bridgehead atoms. The third kappa shape index (κ3) is 4.02. The number of aliphatic hydroxyl groups excluding tert-OH is 1. The number of rotatable bonds is 4. The van der Waals surface area contributed by atoms with Gasteiger partial charge in [-0.1, -0.05) is 30.3 Å². The van der Waals surface area contributed by atoms with Crippen molar-refractivity contribution in [3.8, 4) is 0 Å². The van der Waals surface area contributed by atoms with E-state index in [-0.39, 0.29) is 25.2 Å². The van der Waals surface area contributed by atoms with E-state index in [1.165, 1.54) is 0 Å². The molecule has 0 radical (unpaired) electrons. The Morgan fingerprint density at radius 1 is 1.30 bits per heavy atom. The molecule has 1 aromatic rings. The summed E-state index contributed by atoms with van der Waals surface area (Å²) in [6, 6.07) is 9.31. The Hall–Kier alpha value is -1.63. The van der Waals surface area contributed by atoms with E-state index in [0.29, 0.717) is 19.6 Å². The number of amides is 1. The summed E-state index contributed by atoms with van der Waals surface area (Å²) in [5.41, 5.74) is 0.934. The van der Waals surface area contributed by atoms with Crippen LogP contribution in [0.15, 0.2) is 30.3 Å². The van der Waals surface area contributed by atoms with Gasteiger partial charge in [0.1, 0.15) is 6.61 Å². The number of hydrogen-bond acceptors (Lipinski definition) is 5. The van der Waals surface area contributed by atoms with Crippen LogP contribution in [0.3, 0.4) is 0 Å². The molecule has 2 N–H and O–H groups in total. The number of nitrogens with one attached hydrogen (secondary N) is 1. The molecule has 1 aliphatic carbocycles. The second kappa shape index (κ2) is 7.29. The Kier molecular flexibility index (Phi) is 5.15. The van der Waals surface area contributed by atoms with E-state index < -0.39 is 11.9 Å². The zero-order valence-corrected chi connectivity index (χ0v) is 13.1. The van der Waals surface area contributed by atoms with E-state index in [9.17, 15) is 9.90 Å². The second-order valence-corrected chi connectivity index (χ2v) is 6.11. The monoisotopic (exact) mass is 321 g/mol. The highest BCUT2D eigenvalue weighted by atomic mass is 16.7. The SMILES string of the molecule is O=C(N[C@@H]1CC2(CC[C@H]1CO)OCCO2)OCc1ccccc1. The molecule has 1 heterocycles. The van der Waals surface area contributed by atoms with Crippen molar-refractivity contribution in [1.29, 1.82) is 0 Å². The van der Waals surface area contributed by atoms with Gasteiger partial charge in [0, 0.05) is 31.4 Å². The maximum atomic E-state index is 12.1. The van der Waals surface area contributed by atoms with Crippen LogP contribution in [-0.4, -0.2) is 42.8 Å². The third-order valence-corrected chi connectivity index (χ3v) is 4.56. The Morgan fingerprint density at radius 3 is 2.74 bits per heavy atom. The summed E-state index contributed by atoms with van der Waals surface area (Å²) in [6.45, 7) is 1.41. The largest absolute Gasteiger partial charge is 0.445 e. The lowest BCUT2D eigenvalue weighted by Gasteiger charge is -2.40. The Bertz CT molecular complexity index is 515. The minimum Gasteiger partial charge on any atom is -0.445 e. The Balaban J connectivity index is 1.54. The van der Waals surface area contributed by atoms with Gasteiger partial charge in [0.15, 0.2) is 5.79 Å². The highest BCUT2D eigenvalue weighted by Gasteiger charge is 2.45. The van der Waals surface area contributed by atoms with Crippen molar-refractivity contribution < 1.29 is 24.1 Å². The van der Waals surface area contributed by atoms with Crippen LogP contribution in [0.2, 0.25) is 0 Å². The number of hydrogen-bond donors (Lipinski definition) is 2. The molecular weight excluding hydrogens is 298 g/mol. The number of aliphatic hydroxyl groups is 1. The van der Waals surface area contributed by atoms with Gasteiger partial charge in [0.05, 0.1) is 13.2 Å². The van der Waals surface area contributed by atoms with Crippen LogP contribution < -0.4 is 5.32 Å². The second-order valence-electron chi connectivity index (χ2n) is 6.11. The molecule has 0 unspecified atom stereocenters. The molecular formula is C17H23NO5. The van der Waals surface area contributed by atoms with Gasteiger partial charge in [-0.15, -0.1) is 0 Å². The molecule has 1 aliphatic heterocycles. The van der Waals surface area contributed by atoms with Crippen molar-refractivity contribution in [2.75, 3.05) is 19.8 Å². The molecule has 23 heavy (non-hydrogen) atoms. The van der Waals surface area contributed by atoms with Crippen LogP contribution in [0.25, 0.3) is 0 Å². The third-order valence-electron chi connectivity index (χ3n) is 4.56. The van der Waals surface area contributed by atoms with Crippen molar-refractivity contribution in [2.45, 2.75) is 37.7 Å². The van der Waals surface area contributed by atoms with Gasteiger partial charge in [-0.25, -0.2) is 4.79 Å². The summed E-state index contributed by atoms with van der Waals surface area (Å²) >= 11 is 0. The number of ether oxygens (including phenoxy) is 3. The minimum absolute atomic E-state index is 0.00213. The first kappa shape index (κ1) is 16.2. The topological polar surface area (TPSA) is 77.0 Å². The van der Waals surface area contributed by atoms with Crippen molar-refractivity contribution in [3.63, 3.8) is 0 Å². The van der Waals surface area contributed by atoms with Crippen molar-refractivity contribution in [2.24, 2.45) is 5.92 Å². The van der Waals surface area contributed by atoms with E-state index in [1.807, 2.05) is 30.3 Å². The van der Waals surface area contributed by atoms with Crippen LogP contribution in [0.1, 0.15) is 24.8 Å². The van der Waals surface area contributed by atoms with Crippen molar-refractivity contribution in [1.82, 2.24) is 5.32 Å². The van der Waals surface area contributed by atoms with Gasteiger partial charge < -0.3 is 24.6 Å². The summed E-state index contributed by atoms with van der Waals surface area (Å²) in [6.07, 6.45) is 1.56. The number of carbonyl (C=O) groups excluding carboxylic acids is 1. The molecule has 2 atom stereocenters. The van der Waals surface area contributed by atoms with Gasteiger partial charge in [0.2, 0.25) is 0 Å². The highest BCUT2D eigenvalue weighted by Crippen LogP contribution is 2.38. The van der Waals surface area contributed by atoms with E-state index in [2.05, 4.69) is 5.32 Å². The predicted octanol–water partition coefficient (Wildman–Crippen LogP) is 1.82. The van der Waals surface area contributed by atoms with Crippen molar-refractivity contribution in [3.05, 3.63) is 35.9 Å². The summed E-state index contributed by atoms with van der Waals surface area (Å²) in [5.74, 6) is -0.610. The van der Waals surface area contributed by atoms with Gasteiger partial charge in [0.25, 0.3) is 0 Å². The normalized spacial score (nSPS) is 26.1. The van der Waals surface area contributed by atoms with Crippen LogP contribution in [-0.2, 0) is 20.8 Å². The van der Waals surface area contributed by atoms with E-state index in [0.717, 1.165) is 18.4 Å². The zero-order valence-electron chi connectivity index (χ0n) is 13.1. The summed E-state index contributed by atoms with van der Waals surface area (Å²) in [5, 5.41) is 12.4. The van der Waals surface area contributed by atoms with Crippen LogP contribution >= 0.6 is 0 Å². The van der Waals surface area contributed by atoms with E-state index >= 15 is 0 Å². The van der Waals surface area contributed by atoms with Gasteiger partial charge in [-0.2, -0.15) is 0 Å². The Morgan fingerprint density at radius 2 is 2.04 bits per heavy atom. The number of alkyl carbamates (subject to hydrolysis) is 1. The molecule has 1 saturated heterocycles. The van der Waals surface area contributed by atoms with Gasteiger partial charge >= 0.3 is 6.09 Å².